The summed E-state index contributed by atoms with van der Waals surface area (Å²) in [6.07, 6.45) is 3.20. The van der Waals surface area contributed by atoms with Gasteiger partial charge in [-0.1, -0.05) is 11.6 Å². The van der Waals surface area contributed by atoms with Crippen LogP contribution in [0.3, 0.4) is 0 Å². The van der Waals surface area contributed by atoms with Crippen molar-refractivity contribution in [1.82, 2.24) is 29.3 Å². The standard InChI is InChI=1S/C14H14ClN7O/c1-20(8-12-11(15)7-21(2)19-12)6-10-3-13(23)22-14(18-10)9(4-16)5-17-22/h3,5,7,17H,6,8H2,1-2H3. The molecule has 0 saturated carbocycles. The van der Waals surface area contributed by atoms with Gasteiger partial charge in [-0.25, -0.2) is 9.50 Å². The van der Waals surface area contributed by atoms with Crippen LogP contribution in [0.5, 0.6) is 0 Å². The molecule has 8 nitrogen and oxygen atoms in total. The van der Waals surface area contributed by atoms with Crippen molar-refractivity contribution in [3.8, 4) is 6.07 Å². The molecular weight excluding hydrogens is 318 g/mol. The molecule has 0 fully saturated rings. The Bertz CT molecular complexity index is 962. The van der Waals surface area contributed by atoms with Crippen molar-refractivity contribution in [2.45, 2.75) is 13.1 Å². The molecule has 3 heterocycles. The smallest absolute Gasteiger partial charge is 0.272 e. The fraction of sp³-hybridized carbons (Fsp3) is 0.286. The number of H-pyrrole nitrogens is 1. The van der Waals surface area contributed by atoms with E-state index in [0.717, 1.165) is 5.69 Å². The quantitative estimate of drug-likeness (QED) is 0.766. The third-order valence-corrected chi connectivity index (χ3v) is 3.69. The van der Waals surface area contributed by atoms with Gasteiger partial charge in [-0.05, 0) is 7.05 Å². The molecule has 0 bridgehead atoms. The minimum atomic E-state index is -0.254. The van der Waals surface area contributed by atoms with Crippen LogP contribution in [0.2, 0.25) is 5.02 Å². The number of hydrogen-bond donors (Lipinski definition) is 1. The molecule has 0 radical (unpaired) electrons. The third kappa shape index (κ3) is 2.97. The summed E-state index contributed by atoms with van der Waals surface area (Å²) < 4.78 is 2.90. The number of fused-ring (bicyclic) bond motifs is 1. The Morgan fingerprint density at radius 3 is 2.91 bits per heavy atom. The first-order valence-electron chi connectivity index (χ1n) is 6.84. The van der Waals surface area contributed by atoms with Gasteiger partial charge in [0.1, 0.15) is 11.6 Å². The van der Waals surface area contributed by atoms with Crippen LogP contribution in [0.1, 0.15) is 17.0 Å². The number of halogens is 1. The molecule has 1 N–H and O–H groups in total. The maximum atomic E-state index is 12.1. The number of nitriles is 1. The van der Waals surface area contributed by atoms with Crippen LogP contribution >= 0.6 is 11.6 Å². The minimum Gasteiger partial charge on any atom is -0.295 e. The van der Waals surface area contributed by atoms with Gasteiger partial charge in [0, 0.05) is 38.6 Å². The second-order valence-corrected chi connectivity index (χ2v) is 5.72. The van der Waals surface area contributed by atoms with E-state index in [1.807, 2.05) is 18.0 Å². The summed E-state index contributed by atoms with van der Waals surface area (Å²) in [6, 6.07) is 3.46. The average molecular weight is 332 g/mol. The van der Waals surface area contributed by atoms with Crippen molar-refractivity contribution >= 4 is 17.2 Å². The van der Waals surface area contributed by atoms with Gasteiger partial charge in [0.25, 0.3) is 5.56 Å². The van der Waals surface area contributed by atoms with Gasteiger partial charge in [-0.15, -0.1) is 0 Å². The number of nitrogens with zero attached hydrogens (tertiary/aromatic N) is 6. The minimum absolute atomic E-state index is 0.254. The van der Waals surface area contributed by atoms with E-state index >= 15 is 0 Å². The number of hydrogen-bond acceptors (Lipinski definition) is 5. The largest absolute Gasteiger partial charge is 0.295 e. The third-order valence-electron chi connectivity index (χ3n) is 3.38. The van der Waals surface area contributed by atoms with E-state index < -0.39 is 0 Å². The van der Waals surface area contributed by atoms with Crippen molar-refractivity contribution < 1.29 is 0 Å². The SMILES string of the molecule is CN(Cc1cc(=O)n2[nH]cc(C#N)c2n1)Cc1nn(C)cc1Cl. The Balaban J connectivity index is 1.85. The normalized spacial score (nSPS) is 11.3. The van der Waals surface area contributed by atoms with E-state index in [1.165, 1.54) is 16.8 Å². The van der Waals surface area contributed by atoms with Crippen molar-refractivity contribution in [3.05, 3.63) is 50.8 Å². The summed E-state index contributed by atoms with van der Waals surface area (Å²) in [4.78, 5) is 18.4. The highest BCUT2D eigenvalue weighted by atomic mass is 35.5. The second kappa shape index (κ2) is 5.87. The van der Waals surface area contributed by atoms with E-state index in [-0.39, 0.29) is 5.56 Å². The lowest BCUT2D eigenvalue weighted by Gasteiger charge is -2.14. The van der Waals surface area contributed by atoms with Crippen LogP contribution in [-0.4, -0.2) is 36.3 Å². The van der Waals surface area contributed by atoms with Crippen molar-refractivity contribution in [3.63, 3.8) is 0 Å². The summed E-state index contributed by atoms with van der Waals surface area (Å²) in [6.45, 7) is 0.966. The van der Waals surface area contributed by atoms with Crippen LogP contribution in [0.4, 0.5) is 0 Å². The predicted molar refractivity (Wildman–Crippen MR) is 83.9 cm³/mol. The van der Waals surface area contributed by atoms with Crippen LogP contribution < -0.4 is 5.56 Å². The topological polar surface area (TPSA) is 95.0 Å². The van der Waals surface area contributed by atoms with E-state index in [2.05, 4.69) is 15.2 Å². The van der Waals surface area contributed by atoms with Crippen molar-refractivity contribution in [2.24, 2.45) is 7.05 Å². The van der Waals surface area contributed by atoms with Gasteiger partial charge in [-0.3, -0.25) is 19.5 Å². The number of rotatable bonds is 4. The zero-order valence-corrected chi connectivity index (χ0v) is 13.4. The zero-order valence-electron chi connectivity index (χ0n) is 12.6. The first-order chi connectivity index (χ1) is 11.0. The highest BCUT2D eigenvalue weighted by Crippen LogP contribution is 2.15. The molecule has 0 aliphatic carbocycles. The molecule has 0 unspecified atom stereocenters. The Hall–Kier alpha value is -2.63. The van der Waals surface area contributed by atoms with Crippen molar-refractivity contribution in [2.75, 3.05) is 7.05 Å². The molecule has 9 heteroatoms. The van der Waals surface area contributed by atoms with Crippen LogP contribution in [0.25, 0.3) is 5.65 Å². The monoisotopic (exact) mass is 331 g/mol. The van der Waals surface area contributed by atoms with E-state index in [4.69, 9.17) is 16.9 Å². The average Bonchev–Trinajstić information content (AvgIpc) is 3.02. The maximum absolute atomic E-state index is 12.1. The molecule has 0 amide bonds. The molecule has 3 rings (SSSR count). The highest BCUT2D eigenvalue weighted by Gasteiger charge is 2.12. The van der Waals surface area contributed by atoms with Gasteiger partial charge < -0.3 is 0 Å². The summed E-state index contributed by atoms with van der Waals surface area (Å²) >= 11 is 6.10. The van der Waals surface area contributed by atoms with Gasteiger partial charge in [0.15, 0.2) is 5.65 Å². The van der Waals surface area contributed by atoms with Gasteiger partial charge in [-0.2, -0.15) is 10.4 Å². The molecule has 0 saturated heterocycles. The van der Waals surface area contributed by atoms with Crippen LogP contribution in [-0.2, 0) is 20.1 Å². The second-order valence-electron chi connectivity index (χ2n) is 5.31. The molecule has 0 aliphatic heterocycles. The fourth-order valence-electron chi connectivity index (χ4n) is 2.39. The van der Waals surface area contributed by atoms with Gasteiger partial charge in [0.05, 0.1) is 16.4 Å². The fourth-order valence-corrected chi connectivity index (χ4v) is 2.63. The molecule has 0 aliphatic rings. The summed E-state index contributed by atoms with van der Waals surface area (Å²) in [5.74, 6) is 0. The Morgan fingerprint density at radius 1 is 1.48 bits per heavy atom. The number of aromatic amines is 1. The number of nitrogens with one attached hydrogen (secondary N) is 1. The lowest BCUT2D eigenvalue weighted by atomic mass is 10.3. The van der Waals surface area contributed by atoms with Gasteiger partial charge >= 0.3 is 0 Å². The number of aryl methyl sites for hydroxylation is 1. The molecule has 118 valence electrons. The summed E-state index contributed by atoms with van der Waals surface area (Å²) in [5.41, 5.74) is 1.75. The van der Waals surface area contributed by atoms with Crippen LogP contribution in [0, 0.1) is 11.3 Å². The van der Waals surface area contributed by atoms with Crippen molar-refractivity contribution in [1.29, 1.82) is 5.26 Å². The van der Waals surface area contributed by atoms with E-state index in [9.17, 15) is 4.79 Å². The molecular formula is C14H14ClN7O. The Labute approximate surface area is 136 Å². The molecule has 23 heavy (non-hydrogen) atoms. The molecule has 0 spiro atoms. The van der Waals surface area contributed by atoms with E-state index in [1.54, 1.807) is 17.9 Å². The summed E-state index contributed by atoms with van der Waals surface area (Å²) in [7, 11) is 3.69. The molecule has 0 atom stereocenters. The van der Waals surface area contributed by atoms with E-state index in [0.29, 0.717) is 35.0 Å². The Kier molecular flexibility index (Phi) is 3.90. The van der Waals surface area contributed by atoms with Crippen LogP contribution in [0.15, 0.2) is 23.3 Å². The maximum Gasteiger partial charge on any atom is 0.272 e. The lowest BCUT2D eigenvalue weighted by molar-refractivity contribution is 0.310. The molecule has 3 aromatic rings. The number of aromatic nitrogens is 5. The highest BCUT2D eigenvalue weighted by molar-refractivity contribution is 6.31. The first-order valence-corrected chi connectivity index (χ1v) is 7.22. The Morgan fingerprint density at radius 2 is 2.26 bits per heavy atom. The predicted octanol–water partition coefficient (Wildman–Crippen LogP) is 0.913. The molecule has 3 aromatic heterocycles. The summed E-state index contributed by atoms with van der Waals surface area (Å²) in [5, 5.41) is 16.7. The molecule has 0 aromatic carbocycles. The zero-order chi connectivity index (χ0) is 16.6. The lowest BCUT2D eigenvalue weighted by Crippen LogP contribution is -2.22. The first kappa shape index (κ1) is 15.3. The van der Waals surface area contributed by atoms with Gasteiger partial charge in [0.2, 0.25) is 0 Å².